The molecule has 0 unspecified atom stereocenters. The first-order valence-electron chi connectivity index (χ1n) is 8.76. The Labute approximate surface area is 136 Å². The Hall–Kier alpha value is -1.34. The number of allylic oxidation sites excluding steroid dienone is 2. The maximum absolute atomic E-state index is 5.65. The van der Waals surface area contributed by atoms with E-state index in [0.717, 1.165) is 18.3 Å². The van der Waals surface area contributed by atoms with Crippen LogP contribution in [-0.4, -0.2) is 6.61 Å². The van der Waals surface area contributed by atoms with Crippen LogP contribution in [0.5, 0.6) is 0 Å². The molecule has 0 aromatic heterocycles. The molecule has 0 saturated heterocycles. The van der Waals surface area contributed by atoms with E-state index in [1.807, 2.05) is 0 Å². The summed E-state index contributed by atoms with van der Waals surface area (Å²) in [5, 5.41) is 0. The third kappa shape index (κ3) is 5.46. The zero-order chi connectivity index (χ0) is 15.6. The third-order valence-corrected chi connectivity index (χ3v) is 4.68. The minimum Gasteiger partial charge on any atom is -0.373 e. The zero-order valence-electron chi connectivity index (χ0n) is 14.0. The van der Waals surface area contributed by atoms with E-state index >= 15 is 0 Å². The van der Waals surface area contributed by atoms with Crippen molar-refractivity contribution in [2.75, 3.05) is 6.61 Å². The van der Waals surface area contributed by atoms with Gasteiger partial charge in [0.2, 0.25) is 0 Å². The molecule has 1 saturated carbocycles. The van der Waals surface area contributed by atoms with E-state index in [9.17, 15) is 0 Å². The number of rotatable bonds is 8. The van der Waals surface area contributed by atoms with Crippen LogP contribution in [0.2, 0.25) is 0 Å². The monoisotopic (exact) mass is 298 g/mol. The third-order valence-electron chi connectivity index (χ3n) is 4.68. The molecule has 1 aliphatic carbocycles. The lowest BCUT2D eigenvalue weighted by Gasteiger charge is -2.28. The van der Waals surface area contributed by atoms with Crippen LogP contribution in [0.3, 0.4) is 0 Å². The van der Waals surface area contributed by atoms with E-state index in [4.69, 9.17) is 4.74 Å². The Morgan fingerprint density at radius 3 is 2.45 bits per heavy atom. The van der Waals surface area contributed by atoms with Crippen molar-refractivity contribution in [3.05, 3.63) is 60.2 Å². The molecule has 0 atom stereocenters. The summed E-state index contributed by atoms with van der Waals surface area (Å²) in [4.78, 5) is 0. The fourth-order valence-electron chi connectivity index (χ4n) is 3.33. The van der Waals surface area contributed by atoms with Crippen molar-refractivity contribution in [1.29, 1.82) is 0 Å². The van der Waals surface area contributed by atoms with E-state index in [2.05, 4.69) is 56.0 Å². The topological polar surface area (TPSA) is 9.23 Å². The van der Waals surface area contributed by atoms with Crippen LogP contribution in [0.4, 0.5) is 0 Å². The highest BCUT2D eigenvalue weighted by Gasteiger charge is 2.21. The lowest BCUT2D eigenvalue weighted by atomic mass is 9.77. The van der Waals surface area contributed by atoms with Crippen molar-refractivity contribution < 1.29 is 4.74 Å². The Kier molecular flexibility index (Phi) is 7.45. The summed E-state index contributed by atoms with van der Waals surface area (Å²) < 4.78 is 5.65. The molecule has 1 nitrogen and oxygen atoms in total. The first kappa shape index (κ1) is 17.0. The number of hydrogen-bond acceptors (Lipinski definition) is 1. The molecule has 0 amide bonds. The van der Waals surface area contributed by atoms with Gasteiger partial charge in [0.15, 0.2) is 0 Å². The highest BCUT2D eigenvalue weighted by molar-refractivity contribution is 5.25. The maximum atomic E-state index is 5.65. The summed E-state index contributed by atoms with van der Waals surface area (Å²) >= 11 is 0. The zero-order valence-corrected chi connectivity index (χ0v) is 14.0. The summed E-state index contributed by atoms with van der Waals surface area (Å²) in [5.41, 5.74) is 2.78. The van der Waals surface area contributed by atoms with Crippen LogP contribution in [0, 0.1) is 5.92 Å². The van der Waals surface area contributed by atoms with Crippen molar-refractivity contribution in [1.82, 2.24) is 0 Å². The molecule has 1 aromatic rings. The highest BCUT2D eigenvalue weighted by Crippen LogP contribution is 2.37. The molecule has 1 aliphatic rings. The fraction of sp³-hybridized carbons (Fsp3) is 0.524. The predicted molar refractivity (Wildman–Crippen MR) is 95.0 cm³/mol. The second kappa shape index (κ2) is 9.63. The smallest absolute Gasteiger partial charge is 0.0721 e. The molecule has 1 aromatic carbocycles. The molecule has 22 heavy (non-hydrogen) atoms. The number of benzene rings is 1. The van der Waals surface area contributed by atoms with Crippen molar-refractivity contribution in [2.45, 2.75) is 58.0 Å². The molecule has 120 valence electrons. The lowest BCUT2D eigenvalue weighted by Crippen LogP contribution is -2.12. The highest BCUT2D eigenvalue weighted by atomic mass is 16.5. The van der Waals surface area contributed by atoms with Crippen LogP contribution in [0.25, 0.3) is 0 Å². The molecule has 0 aliphatic heterocycles. The standard InChI is InChI=1S/C21H30O/c1-3-5-6-16-22-17-19-10-14-21(15-11-19)20-12-8-18(7-4-2)9-13-20/h4-6,10-11,14-15,18,20H,2-3,7-9,12-13,16-17H2,1H3/b6-5+/t18-,20-. The largest absolute Gasteiger partial charge is 0.373 e. The average molecular weight is 298 g/mol. The van der Waals surface area contributed by atoms with Crippen molar-refractivity contribution in [3.63, 3.8) is 0 Å². The van der Waals surface area contributed by atoms with Gasteiger partial charge in [0.25, 0.3) is 0 Å². The van der Waals surface area contributed by atoms with Crippen LogP contribution in [0.1, 0.15) is 62.5 Å². The van der Waals surface area contributed by atoms with Crippen LogP contribution in [0.15, 0.2) is 49.1 Å². The first-order chi connectivity index (χ1) is 10.8. The summed E-state index contributed by atoms with van der Waals surface area (Å²) in [6.45, 7) is 7.43. The van der Waals surface area contributed by atoms with Gasteiger partial charge in [0.05, 0.1) is 13.2 Å². The van der Waals surface area contributed by atoms with E-state index in [-0.39, 0.29) is 0 Å². The summed E-state index contributed by atoms with van der Waals surface area (Å²) in [6.07, 6.45) is 13.9. The normalized spacial score (nSPS) is 22.0. The van der Waals surface area contributed by atoms with Crippen molar-refractivity contribution in [2.24, 2.45) is 5.92 Å². The second-order valence-electron chi connectivity index (χ2n) is 6.38. The van der Waals surface area contributed by atoms with Gasteiger partial charge in [-0.1, -0.05) is 49.4 Å². The van der Waals surface area contributed by atoms with E-state index in [1.165, 1.54) is 43.2 Å². The van der Waals surface area contributed by atoms with Crippen molar-refractivity contribution >= 4 is 0 Å². The predicted octanol–water partition coefficient (Wildman–Crippen LogP) is 6.02. The van der Waals surface area contributed by atoms with Gasteiger partial charge in [-0.25, -0.2) is 0 Å². The SMILES string of the molecule is C=CC[C@H]1CC[C@H](c2ccc(COC/C=C/CC)cc2)CC1. The number of ether oxygens (including phenoxy) is 1. The second-order valence-corrected chi connectivity index (χ2v) is 6.38. The molecule has 2 rings (SSSR count). The molecular weight excluding hydrogens is 268 g/mol. The quantitative estimate of drug-likeness (QED) is 0.421. The van der Waals surface area contributed by atoms with Crippen molar-refractivity contribution in [3.8, 4) is 0 Å². The van der Waals surface area contributed by atoms with E-state index in [1.54, 1.807) is 0 Å². The Balaban J connectivity index is 1.77. The fourth-order valence-corrected chi connectivity index (χ4v) is 3.33. The van der Waals surface area contributed by atoms with Gasteiger partial charge in [0, 0.05) is 0 Å². The molecule has 0 N–H and O–H groups in total. The van der Waals surface area contributed by atoms with E-state index < -0.39 is 0 Å². The van der Waals surface area contributed by atoms with Gasteiger partial charge in [-0.3, -0.25) is 0 Å². The molecule has 1 fully saturated rings. The van der Waals surface area contributed by atoms with Crippen LogP contribution < -0.4 is 0 Å². The summed E-state index contributed by atoms with van der Waals surface area (Å²) in [7, 11) is 0. The Morgan fingerprint density at radius 2 is 1.82 bits per heavy atom. The van der Waals surface area contributed by atoms with Crippen LogP contribution in [-0.2, 0) is 11.3 Å². The summed E-state index contributed by atoms with van der Waals surface area (Å²) in [5.74, 6) is 1.63. The van der Waals surface area contributed by atoms with Gasteiger partial charge >= 0.3 is 0 Å². The molecule has 0 spiro atoms. The lowest BCUT2D eigenvalue weighted by molar-refractivity contribution is 0.148. The van der Waals surface area contributed by atoms with Gasteiger partial charge in [-0.15, -0.1) is 6.58 Å². The molecule has 0 radical (unpaired) electrons. The van der Waals surface area contributed by atoms with Gasteiger partial charge in [0.1, 0.15) is 0 Å². The number of hydrogen-bond donors (Lipinski definition) is 0. The molecule has 0 heterocycles. The van der Waals surface area contributed by atoms with Crippen LogP contribution >= 0.6 is 0 Å². The maximum Gasteiger partial charge on any atom is 0.0721 e. The minimum atomic E-state index is 0.709. The first-order valence-corrected chi connectivity index (χ1v) is 8.76. The minimum absolute atomic E-state index is 0.709. The Bertz CT molecular complexity index is 449. The van der Waals surface area contributed by atoms with Gasteiger partial charge in [-0.05, 0) is 61.5 Å². The summed E-state index contributed by atoms with van der Waals surface area (Å²) in [6, 6.07) is 9.07. The molecule has 1 heteroatoms. The molecule has 0 bridgehead atoms. The molecular formula is C21H30O. The Morgan fingerprint density at radius 1 is 1.09 bits per heavy atom. The average Bonchev–Trinajstić information content (AvgIpc) is 2.56. The van der Waals surface area contributed by atoms with Gasteiger partial charge in [-0.2, -0.15) is 0 Å². The van der Waals surface area contributed by atoms with E-state index in [0.29, 0.717) is 13.2 Å². The van der Waals surface area contributed by atoms with Gasteiger partial charge < -0.3 is 4.74 Å².